The van der Waals surface area contributed by atoms with Crippen LogP contribution in [0, 0.1) is 5.41 Å². The first-order valence-electron chi connectivity index (χ1n) is 8.98. The van der Waals surface area contributed by atoms with Crippen molar-refractivity contribution in [2.24, 2.45) is 0 Å². The zero-order chi connectivity index (χ0) is 21.7. The minimum absolute atomic E-state index is 0.106. The Balaban J connectivity index is 0.000000310. The molecule has 0 unspecified atom stereocenters. The highest BCUT2D eigenvalue weighted by Crippen LogP contribution is 2.31. The fourth-order valence-corrected chi connectivity index (χ4v) is 3.30. The van der Waals surface area contributed by atoms with Crippen LogP contribution in [0.2, 0.25) is 0 Å². The molecule has 3 aromatic heterocycles. The van der Waals surface area contributed by atoms with Gasteiger partial charge in [0.15, 0.2) is 6.29 Å². The molecule has 11 nitrogen and oxygen atoms in total. The predicted octanol–water partition coefficient (Wildman–Crippen LogP) is 1.49. The first-order valence-corrected chi connectivity index (χ1v) is 9.77. The highest BCUT2D eigenvalue weighted by molar-refractivity contribution is 9.10. The molecular weight excluding hydrogens is 456 g/mol. The first kappa shape index (κ1) is 21.6. The quantitative estimate of drug-likeness (QED) is 0.278. The number of morpholine rings is 1. The number of hydrogen-bond acceptors (Lipinski definition) is 9. The maximum atomic E-state index is 12.0. The molecule has 12 heteroatoms. The van der Waals surface area contributed by atoms with Crippen molar-refractivity contribution in [3.05, 3.63) is 38.5 Å². The zero-order valence-electron chi connectivity index (χ0n) is 16.2. The summed E-state index contributed by atoms with van der Waals surface area (Å²) in [6, 6.07) is 1.44. The van der Waals surface area contributed by atoms with Crippen LogP contribution in [0.15, 0.2) is 21.7 Å². The van der Waals surface area contributed by atoms with E-state index in [9.17, 15) is 9.59 Å². The lowest BCUT2D eigenvalue weighted by Crippen LogP contribution is -2.32. The molecule has 0 aromatic carbocycles. The molecule has 30 heavy (non-hydrogen) atoms. The Bertz CT molecular complexity index is 1120. The van der Waals surface area contributed by atoms with E-state index < -0.39 is 5.56 Å². The van der Waals surface area contributed by atoms with Crippen LogP contribution in [0.1, 0.15) is 16.1 Å². The molecule has 0 spiro atoms. The van der Waals surface area contributed by atoms with Crippen molar-refractivity contribution < 1.29 is 9.53 Å². The van der Waals surface area contributed by atoms with E-state index in [2.05, 4.69) is 53.1 Å². The number of rotatable bonds is 4. The summed E-state index contributed by atoms with van der Waals surface area (Å²) >= 11 is 3.31. The number of nitrogens with zero attached hydrogens (tertiary/aromatic N) is 3. The smallest absolute Gasteiger partial charge is 0.273 e. The number of carbonyl (C=O) groups excluding carboxylic acids is 1. The van der Waals surface area contributed by atoms with E-state index in [0.717, 1.165) is 32.5 Å². The highest BCUT2D eigenvalue weighted by atomic mass is 79.9. The second kappa shape index (κ2) is 9.61. The Morgan fingerprint density at radius 3 is 2.67 bits per heavy atom. The zero-order valence-corrected chi connectivity index (χ0v) is 17.7. The number of nitrogens with one attached hydrogen (secondary N) is 4. The average Bonchev–Trinajstić information content (AvgIpc) is 3.08. The van der Waals surface area contributed by atoms with Gasteiger partial charge in [-0.1, -0.05) is 0 Å². The van der Waals surface area contributed by atoms with Gasteiger partial charge in [-0.3, -0.25) is 9.59 Å². The second-order valence-corrected chi connectivity index (χ2v) is 7.28. The number of aromatic nitrogens is 4. The van der Waals surface area contributed by atoms with Gasteiger partial charge in [0.25, 0.3) is 5.56 Å². The van der Waals surface area contributed by atoms with E-state index in [-0.39, 0.29) is 11.5 Å². The van der Waals surface area contributed by atoms with Crippen molar-refractivity contribution in [2.75, 3.05) is 44.4 Å². The Morgan fingerprint density at radius 1 is 1.33 bits per heavy atom. The highest BCUT2D eigenvalue weighted by Gasteiger charge is 2.16. The van der Waals surface area contributed by atoms with Gasteiger partial charge in [0.1, 0.15) is 29.3 Å². The molecule has 3 aromatic rings. The number of aldehydes is 1. The Kier molecular flexibility index (Phi) is 6.92. The largest absolute Gasteiger partial charge is 0.385 e. The van der Waals surface area contributed by atoms with Crippen LogP contribution < -0.4 is 16.6 Å². The lowest BCUT2D eigenvalue weighted by molar-refractivity contribution is 0.0503. The van der Waals surface area contributed by atoms with Gasteiger partial charge >= 0.3 is 0 Å². The molecule has 1 saturated heterocycles. The number of anilines is 3. The van der Waals surface area contributed by atoms with Crippen LogP contribution in [0.5, 0.6) is 0 Å². The molecule has 0 radical (unpaired) electrons. The second-order valence-electron chi connectivity index (χ2n) is 6.48. The lowest BCUT2D eigenvalue weighted by Gasteiger charge is -2.21. The molecule has 0 saturated carbocycles. The molecule has 4 heterocycles. The molecule has 0 aliphatic carbocycles. The Morgan fingerprint density at radius 2 is 2.07 bits per heavy atom. The molecule has 6 N–H and O–H groups in total. The van der Waals surface area contributed by atoms with Crippen molar-refractivity contribution in [2.45, 2.75) is 0 Å². The van der Waals surface area contributed by atoms with E-state index in [1.165, 1.54) is 12.4 Å². The van der Waals surface area contributed by atoms with Gasteiger partial charge in [0.2, 0.25) is 0 Å². The SMILES string of the molecule is CN1CCOCC1.N=Cc1cc(Nc2ncnc3[nH]c(C=O)c(Br)c23)c(=O)[nH]c1N. The lowest BCUT2D eigenvalue weighted by atomic mass is 10.2. The number of nitrogen functional groups attached to an aromatic ring is 1. The third-order valence-corrected chi connectivity index (χ3v) is 5.24. The van der Waals surface area contributed by atoms with E-state index in [1.54, 1.807) is 0 Å². The normalized spacial score (nSPS) is 14.1. The number of H-pyrrole nitrogens is 2. The van der Waals surface area contributed by atoms with Gasteiger partial charge in [-0.05, 0) is 29.0 Å². The Hall–Kier alpha value is -3.09. The number of ether oxygens (including phenoxy) is 1. The molecule has 1 aliphatic heterocycles. The van der Waals surface area contributed by atoms with E-state index in [1.807, 2.05) is 0 Å². The third kappa shape index (κ3) is 4.72. The standard InChI is InChI=1S/C13H10BrN7O2.C5H11NO/c14-9-7(3-22)20-12-8(9)11(17-4-18-12)19-6-1-5(2-15)10(16)21-13(6)23;1-6-2-4-7-5-3-6/h1-4,15H,(H3,16,21,23)(H2,17,18,19,20);2-5H2,1H3. The van der Waals surface area contributed by atoms with Gasteiger partial charge in [0.05, 0.1) is 28.8 Å². The summed E-state index contributed by atoms with van der Waals surface area (Å²) in [5.41, 5.74) is 6.44. The summed E-state index contributed by atoms with van der Waals surface area (Å²) in [6.07, 6.45) is 2.98. The van der Waals surface area contributed by atoms with Gasteiger partial charge in [-0.2, -0.15) is 0 Å². The van der Waals surface area contributed by atoms with Gasteiger partial charge < -0.3 is 36.1 Å². The minimum atomic E-state index is -0.456. The Labute approximate surface area is 179 Å². The first-order chi connectivity index (χ1) is 14.4. The maximum Gasteiger partial charge on any atom is 0.273 e. The number of likely N-dealkylation sites (N-methyl/N-ethyl adjacent to an activating group) is 1. The summed E-state index contributed by atoms with van der Waals surface area (Å²) in [7, 11) is 2.11. The summed E-state index contributed by atoms with van der Waals surface area (Å²) in [5, 5.41) is 10.7. The van der Waals surface area contributed by atoms with Crippen molar-refractivity contribution >= 4 is 56.8 Å². The summed E-state index contributed by atoms with van der Waals surface area (Å²) in [4.78, 5) is 38.7. The maximum absolute atomic E-state index is 12.0. The van der Waals surface area contributed by atoms with Crippen LogP contribution in [0.3, 0.4) is 0 Å². The number of halogens is 1. The summed E-state index contributed by atoms with van der Waals surface area (Å²) in [5.74, 6) is 0.437. The van der Waals surface area contributed by atoms with Gasteiger partial charge in [-0.25, -0.2) is 9.97 Å². The molecule has 1 aliphatic rings. The van der Waals surface area contributed by atoms with Crippen molar-refractivity contribution in [3.63, 3.8) is 0 Å². The van der Waals surface area contributed by atoms with E-state index >= 15 is 0 Å². The van der Waals surface area contributed by atoms with Crippen LogP contribution >= 0.6 is 15.9 Å². The molecule has 0 bridgehead atoms. The number of aromatic amines is 2. The van der Waals surface area contributed by atoms with Gasteiger partial charge in [0, 0.05) is 24.9 Å². The third-order valence-electron chi connectivity index (χ3n) is 4.42. The molecule has 0 atom stereocenters. The summed E-state index contributed by atoms with van der Waals surface area (Å²) < 4.78 is 5.59. The van der Waals surface area contributed by atoms with Crippen LogP contribution in [0.4, 0.5) is 17.3 Å². The molecule has 158 valence electrons. The molecule has 0 amide bonds. The number of hydrogen-bond donors (Lipinski definition) is 5. The average molecular weight is 477 g/mol. The fourth-order valence-electron chi connectivity index (χ4n) is 2.74. The predicted molar refractivity (Wildman–Crippen MR) is 118 cm³/mol. The number of fused-ring (bicyclic) bond motifs is 1. The van der Waals surface area contributed by atoms with Crippen LogP contribution in [-0.2, 0) is 4.74 Å². The molecule has 1 fully saturated rings. The van der Waals surface area contributed by atoms with Crippen molar-refractivity contribution in [3.8, 4) is 0 Å². The van der Waals surface area contributed by atoms with E-state index in [4.69, 9.17) is 15.9 Å². The summed E-state index contributed by atoms with van der Waals surface area (Å²) in [6.45, 7) is 4.02. The number of pyridine rings is 1. The van der Waals surface area contributed by atoms with Crippen LogP contribution in [0.25, 0.3) is 11.0 Å². The topological polar surface area (TPSA) is 166 Å². The fraction of sp³-hybridized carbons (Fsp3) is 0.278. The molecule has 4 rings (SSSR count). The number of nitrogens with two attached hydrogens (primary N) is 1. The number of carbonyl (C=O) groups is 1. The minimum Gasteiger partial charge on any atom is -0.385 e. The molecular formula is C18H21BrN8O3. The van der Waals surface area contributed by atoms with Crippen molar-refractivity contribution in [1.29, 1.82) is 5.41 Å². The van der Waals surface area contributed by atoms with Gasteiger partial charge in [-0.15, -0.1) is 0 Å². The monoisotopic (exact) mass is 476 g/mol. The van der Waals surface area contributed by atoms with E-state index in [0.29, 0.717) is 38.9 Å². The van der Waals surface area contributed by atoms with Crippen molar-refractivity contribution in [1.82, 2.24) is 24.8 Å². The van der Waals surface area contributed by atoms with Crippen LogP contribution in [-0.4, -0.2) is 70.7 Å².